The lowest BCUT2D eigenvalue weighted by Gasteiger charge is -2.38. The molecule has 0 aliphatic carbocycles. The number of aryl methyl sites for hydroxylation is 1. The van der Waals surface area contributed by atoms with E-state index >= 15 is 0 Å². The van der Waals surface area contributed by atoms with Crippen LogP contribution in [0.1, 0.15) is 47.9 Å². The molecule has 5 heteroatoms. The Balaban J connectivity index is 1.94. The summed E-state index contributed by atoms with van der Waals surface area (Å²) in [5, 5.41) is 2.11. The van der Waals surface area contributed by atoms with Crippen LogP contribution < -0.4 is 0 Å². The van der Waals surface area contributed by atoms with Gasteiger partial charge in [0.15, 0.2) is 0 Å². The van der Waals surface area contributed by atoms with Crippen LogP contribution in [0, 0.1) is 6.92 Å². The molecule has 3 rings (SSSR count). The molecule has 0 bridgehead atoms. The summed E-state index contributed by atoms with van der Waals surface area (Å²) in [6.45, 7) is 7.27. The average Bonchev–Trinajstić information content (AvgIpc) is 3.14. The smallest absolute Gasteiger partial charge is 0.242 e. The van der Waals surface area contributed by atoms with Gasteiger partial charge >= 0.3 is 0 Å². The third-order valence-corrected chi connectivity index (χ3v) is 6.13. The van der Waals surface area contributed by atoms with E-state index in [1.807, 2.05) is 30.9 Å². The molecule has 2 heterocycles. The Kier molecular flexibility index (Phi) is 5.77. The first-order valence-electron chi connectivity index (χ1n) is 9.25. The van der Waals surface area contributed by atoms with Gasteiger partial charge in [-0.05, 0) is 48.4 Å². The molecule has 0 spiro atoms. The van der Waals surface area contributed by atoms with Gasteiger partial charge in [-0.15, -0.1) is 11.3 Å². The number of amides is 2. The second-order valence-corrected chi connectivity index (χ2v) is 7.66. The van der Waals surface area contributed by atoms with Crippen LogP contribution in [0.2, 0.25) is 0 Å². The lowest BCUT2D eigenvalue weighted by Crippen LogP contribution is -2.46. The molecule has 0 saturated carbocycles. The molecule has 0 unspecified atom stereocenters. The van der Waals surface area contributed by atoms with Crippen molar-refractivity contribution in [2.45, 2.75) is 39.7 Å². The van der Waals surface area contributed by atoms with E-state index in [2.05, 4.69) is 30.5 Å². The maximum absolute atomic E-state index is 13.1. The van der Waals surface area contributed by atoms with E-state index in [0.717, 1.165) is 6.42 Å². The van der Waals surface area contributed by atoms with Crippen molar-refractivity contribution in [3.63, 3.8) is 0 Å². The van der Waals surface area contributed by atoms with Gasteiger partial charge in [-0.25, -0.2) is 0 Å². The molecule has 4 nitrogen and oxygen atoms in total. The molecule has 1 aromatic heterocycles. The number of thiophene rings is 1. The van der Waals surface area contributed by atoms with Crippen molar-refractivity contribution in [2.75, 3.05) is 19.6 Å². The minimum absolute atomic E-state index is 0.0266. The van der Waals surface area contributed by atoms with Crippen molar-refractivity contribution in [2.24, 2.45) is 0 Å². The zero-order chi connectivity index (χ0) is 18.7. The first kappa shape index (κ1) is 18.6. The van der Waals surface area contributed by atoms with Gasteiger partial charge in [0.2, 0.25) is 11.8 Å². The Bertz CT molecular complexity index is 799. The highest BCUT2D eigenvalue weighted by Gasteiger charge is 2.34. The molecule has 1 atom stereocenters. The Hall–Kier alpha value is -2.14. The molecule has 1 aromatic carbocycles. The Morgan fingerprint density at radius 1 is 1.19 bits per heavy atom. The fourth-order valence-electron chi connectivity index (χ4n) is 3.67. The van der Waals surface area contributed by atoms with Crippen LogP contribution in [0.15, 0.2) is 35.7 Å². The zero-order valence-electron chi connectivity index (χ0n) is 15.7. The molecular formula is C21H26N2O2S. The van der Waals surface area contributed by atoms with E-state index < -0.39 is 0 Å². The van der Waals surface area contributed by atoms with Gasteiger partial charge < -0.3 is 9.80 Å². The number of rotatable bonds is 5. The van der Waals surface area contributed by atoms with Gasteiger partial charge in [-0.3, -0.25) is 9.59 Å². The summed E-state index contributed by atoms with van der Waals surface area (Å²) in [6.07, 6.45) is 1.31. The van der Waals surface area contributed by atoms with Gasteiger partial charge in [0.1, 0.15) is 0 Å². The predicted octanol–water partition coefficient (Wildman–Crippen LogP) is 3.79. The molecule has 1 aliphatic heterocycles. The van der Waals surface area contributed by atoms with Gasteiger partial charge in [-0.1, -0.05) is 31.2 Å². The van der Waals surface area contributed by atoms with Gasteiger partial charge in [0, 0.05) is 24.4 Å². The van der Waals surface area contributed by atoms with E-state index in [1.165, 1.54) is 21.6 Å². The Morgan fingerprint density at radius 3 is 2.65 bits per heavy atom. The van der Waals surface area contributed by atoms with Crippen LogP contribution in [-0.4, -0.2) is 41.2 Å². The summed E-state index contributed by atoms with van der Waals surface area (Å²) in [7, 11) is 0. The van der Waals surface area contributed by atoms with Crippen molar-refractivity contribution in [1.29, 1.82) is 0 Å². The number of likely N-dealkylation sites (N-methyl/N-ethyl adjacent to an activating group) is 1. The Labute approximate surface area is 159 Å². The lowest BCUT2D eigenvalue weighted by molar-refractivity contribution is -0.141. The van der Waals surface area contributed by atoms with Crippen LogP contribution in [0.25, 0.3) is 0 Å². The van der Waals surface area contributed by atoms with Crippen molar-refractivity contribution >= 4 is 23.2 Å². The highest BCUT2D eigenvalue weighted by atomic mass is 32.1. The first-order chi connectivity index (χ1) is 12.6. The summed E-state index contributed by atoms with van der Waals surface area (Å²) < 4.78 is 0. The molecule has 138 valence electrons. The van der Waals surface area contributed by atoms with Crippen LogP contribution in [0.4, 0.5) is 0 Å². The van der Waals surface area contributed by atoms with E-state index in [9.17, 15) is 9.59 Å². The van der Waals surface area contributed by atoms with Crippen molar-refractivity contribution in [3.8, 4) is 0 Å². The quantitative estimate of drug-likeness (QED) is 0.803. The number of carbonyl (C=O) groups excluding carboxylic acids is 2. The van der Waals surface area contributed by atoms with Gasteiger partial charge in [0.05, 0.1) is 12.6 Å². The summed E-state index contributed by atoms with van der Waals surface area (Å²) >= 11 is 1.77. The topological polar surface area (TPSA) is 40.6 Å². The highest BCUT2D eigenvalue weighted by molar-refractivity contribution is 7.10. The summed E-state index contributed by atoms with van der Waals surface area (Å²) in [4.78, 5) is 30.2. The molecule has 2 amide bonds. The molecular weight excluding hydrogens is 344 g/mol. The summed E-state index contributed by atoms with van der Waals surface area (Å²) in [5.74, 6) is 0.0558. The maximum atomic E-state index is 13.1. The maximum Gasteiger partial charge on any atom is 0.242 e. The monoisotopic (exact) mass is 370 g/mol. The third kappa shape index (κ3) is 3.54. The standard InChI is InChI=1S/C21H26N2O2S/c1-4-19(24)22(5-2)14-20(25)23-12-10-18-17(11-13-26-18)21(23)16-9-7-6-8-15(16)3/h6-9,11,13,21H,4-5,10,12,14H2,1-3H3/t21-/m1/s1. The minimum atomic E-state index is -0.0610. The first-order valence-corrected chi connectivity index (χ1v) is 10.1. The van der Waals surface area contributed by atoms with Crippen molar-refractivity contribution < 1.29 is 9.59 Å². The molecule has 1 aliphatic rings. The summed E-state index contributed by atoms with van der Waals surface area (Å²) in [6, 6.07) is 10.4. The highest BCUT2D eigenvalue weighted by Crippen LogP contribution is 2.38. The van der Waals surface area contributed by atoms with Crippen LogP contribution in [-0.2, 0) is 16.0 Å². The molecule has 0 N–H and O–H groups in total. The third-order valence-electron chi connectivity index (χ3n) is 5.13. The van der Waals surface area contributed by atoms with Crippen LogP contribution >= 0.6 is 11.3 Å². The number of hydrogen-bond donors (Lipinski definition) is 0. The molecule has 0 radical (unpaired) electrons. The van der Waals surface area contributed by atoms with Crippen molar-refractivity contribution in [3.05, 3.63) is 57.3 Å². The largest absolute Gasteiger partial charge is 0.334 e. The minimum Gasteiger partial charge on any atom is -0.334 e. The lowest BCUT2D eigenvalue weighted by atomic mass is 9.90. The second kappa shape index (κ2) is 8.04. The molecule has 26 heavy (non-hydrogen) atoms. The fraction of sp³-hybridized carbons (Fsp3) is 0.429. The summed E-state index contributed by atoms with van der Waals surface area (Å²) in [5.41, 5.74) is 3.59. The zero-order valence-corrected chi connectivity index (χ0v) is 16.5. The van der Waals surface area contributed by atoms with E-state index in [0.29, 0.717) is 19.5 Å². The normalized spacial score (nSPS) is 16.3. The molecule has 0 fully saturated rings. The van der Waals surface area contributed by atoms with Crippen molar-refractivity contribution in [1.82, 2.24) is 9.80 Å². The molecule has 0 saturated heterocycles. The number of fused-ring (bicyclic) bond motifs is 1. The van der Waals surface area contributed by atoms with Crippen LogP contribution in [0.3, 0.4) is 0 Å². The van der Waals surface area contributed by atoms with E-state index in [4.69, 9.17) is 0 Å². The Morgan fingerprint density at radius 2 is 1.96 bits per heavy atom. The van der Waals surface area contributed by atoms with Gasteiger partial charge in [0.25, 0.3) is 0 Å². The number of benzene rings is 1. The molecule has 2 aromatic rings. The van der Waals surface area contributed by atoms with Crippen LogP contribution in [0.5, 0.6) is 0 Å². The predicted molar refractivity (Wildman–Crippen MR) is 105 cm³/mol. The SMILES string of the molecule is CCC(=O)N(CC)CC(=O)N1CCc2sccc2[C@H]1c1ccccc1C. The number of hydrogen-bond acceptors (Lipinski definition) is 3. The number of nitrogens with zero attached hydrogens (tertiary/aromatic N) is 2. The van der Waals surface area contributed by atoms with E-state index in [-0.39, 0.29) is 24.4 Å². The average molecular weight is 371 g/mol. The van der Waals surface area contributed by atoms with Gasteiger partial charge in [-0.2, -0.15) is 0 Å². The number of carbonyl (C=O) groups is 2. The second-order valence-electron chi connectivity index (χ2n) is 6.66. The van der Waals surface area contributed by atoms with E-state index in [1.54, 1.807) is 16.2 Å². The fourth-order valence-corrected chi connectivity index (χ4v) is 4.57.